The lowest BCUT2D eigenvalue weighted by Crippen LogP contribution is -2.47. The minimum absolute atomic E-state index is 0.227. The van der Waals surface area contributed by atoms with Crippen LogP contribution in [0.1, 0.15) is 56.2 Å². The van der Waals surface area contributed by atoms with Gasteiger partial charge in [0.05, 0.1) is 0 Å². The van der Waals surface area contributed by atoms with E-state index in [9.17, 15) is 0 Å². The summed E-state index contributed by atoms with van der Waals surface area (Å²) < 4.78 is 0. The first-order valence-corrected chi connectivity index (χ1v) is 8.54. The van der Waals surface area contributed by atoms with E-state index in [0.29, 0.717) is 6.04 Å². The second-order valence-electron chi connectivity index (χ2n) is 6.69. The predicted octanol–water partition coefficient (Wildman–Crippen LogP) is 3.73. The van der Waals surface area contributed by atoms with E-state index in [1.54, 1.807) is 11.1 Å². The lowest BCUT2D eigenvalue weighted by atomic mass is 9.72. The standard InChI is InChI=1S/C19H32N2/c1-6-15-8-9-18(16(7-2)14-15)19(21(4)5)12-10-17(20-3)11-13-19/h8-9,14,17,20H,6-7,10-13H2,1-5H3. The second-order valence-corrected chi connectivity index (χ2v) is 6.69. The monoisotopic (exact) mass is 288 g/mol. The Morgan fingerprint density at radius 3 is 2.29 bits per heavy atom. The van der Waals surface area contributed by atoms with Gasteiger partial charge in [0.25, 0.3) is 0 Å². The van der Waals surface area contributed by atoms with Gasteiger partial charge in [0.1, 0.15) is 0 Å². The van der Waals surface area contributed by atoms with Gasteiger partial charge >= 0.3 is 0 Å². The summed E-state index contributed by atoms with van der Waals surface area (Å²) in [5.74, 6) is 0. The number of nitrogens with zero attached hydrogens (tertiary/aromatic N) is 1. The number of rotatable bonds is 5. The Morgan fingerprint density at radius 2 is 1.81 bits per heavy atom. The number of aryl methyl sites for hydroxylation is 2. The first-order valence-electron chi connectivity index (χ1n) is 8.54. The average molecular weight is 288 g/mol. The zero-order chi connectivity index (χ0) is 15.5. The average Bonchev–Trinajstić information content (AvgIpc) is 2.54. The molecule has 1 saturated carbocycles. The first kappa shape index (κ1) is 16.5. The van der Waals surface area contributed by atoms with Gasteiger partial charge in [0, 0.05) is 11.6 Å². The summed E-state index contributed by atoms with van der Waals surface area (Å²) in [6, 6.07) is 7.88. The Bertz CT molecular complexity index is 457. The third kappa shape index (κ3) is 3.17. The van der Waals surface area contributed by atoms with Gasteiger partial charge in [-0.15, -0.1) is 0 Å². The highest BCUT2D eigenvalue weighted by Crippen LogP contribution is 2.42. The Labute approximate surface area is 130 Å². The van der Waals surface area contributed by atoms with Gasteiger partial charge in [-0.1, -0.05) is 32.0 Å². The van der Waals surface area contributed by atoms with E-state index in [2.05, 4.69) is 63.4 Å². The SMILES string of the molecule is CCc1ccc(C2(N(C)C)CCC(NC)CC2)c(CC)c1. The zero-order valence-corrected chi connectivity index (χ0v) is 14.5. The van der Waals surface area contributed by atoms with Crippen molar-refractivity contribution in [2.75, 3.05) is 21.1 Å². The molecular formula is C19H32N2. The van der Waals surface area contributed by atoms with Crippen molar-refractivity contribution in [2.24, 2.45) is 0 Å². The second kappa shape index (κ2) is 6.93. The lowest BCUT2D eigenvalue weighted by Gasteiger charge is -2.46. The molecule has 0 unspecified atom stereocenters. The molecule has 2 rings (SSSR count). The van der Waals surface area contributed by atoms with Crippen molar-refractivity contribution in [3.8, 4) is 0 Å². The van der Waals surface area contributed by atoms with Crippen LogP contribution >= 0.6 is 0 Å². The topological polar surface area (TPSA) is 15.3 Å². The van der Waals surface area contributed by atoms with Gasteiger partial charge in [-0.05, 0) is 76.4 Å². The van der Waals surface area contributed by atoms with Gasteiger partial charge < -0.3 is 5.32 Å². The van der Waals surface area contributed by atoms with Crippen LogP contribution < -0.4 is 5.32 Å². The third-order valence-corrected chi connectivity index (χ3v) is 5.54. The summed E-state index contributed by atoms with van der Waals surface area (Å²) in [5.41, 5.74) is 4.81. The Hall–Kier alpha value is -0.860. The molecule has 0 atom stereocenters. The molecule has 1 aromatic rings. The molecule has 0 saturated heterocycles. The van der Waals surface area contributed by atoms with E-state index in [0.717, 1.165) is 12.8 Å². The molecule has 0 aliphatic heterocycles. The normalized spacial score (nSPS) is 26.3. The summed E-state index contributed by atoms with van der Waals surface area (Å²) in [6.07, 6.45) is 7.31. The van der Waals surface area contributed by atoms with Crippen LogP contribution in [0, 0.1) is 0 Å². The van der Waals surface area contributed by atoms with E-state index < -0.39 is 0 Å². The van der Waals surface area contributed by atoms with Crippen LogP contribution in [0.2, 0.25) is 0 Å². The molecule has 1 N–H and O–H groups in total. The predicted molar refractivity (Wildman–Crippen MR) is 91.9 cm³/mol. The number of hydrogen-bond acceptors (Lipinski definition) is 2. The van der Waals surface area contributed by atoms with Crippen LogP contribution in [0.5, 0.6) is 0 Å². The van der Waals surface area contributed by atoms with Crippen LogP contribution in [0.25, 0.3) is 0 Å². The summed E-state index contributed by atoms with van der Waals surface area (Å²) in [7, 11) is 6.61. The largest absolute Gasteiger partial charge is 0.317 e. The fourth-order valence-corrected chi connectivity index (χ4v) is 3.95. The van der Waals surface area contributed by atoms with Crippen molar-refractivity contribution in [1.29, 1.82) is 0 Å². The fraction of sp³-hybridized carbons (Fsp3) is 0.684. The number of benzene rings is 1. The quantitative estimate of drug-likeness (QED) is 0.888. The van der Waals surface area contributed by atoms with Crippen molar-refractivity contribution in [2.45, 2.75) is 64.0 Å². The van der Waals surface area contributed by atoms with Crippen LogP contribution in [-0.4, -0.2) is 32.1 Å². The molecular weight excluding hydrogens is 256 g/mol. The van der Waals surface area contributed by atoms with E-state index in [-0.39, 0.29) is 5.54 Å². The van der Waals surface area contributed by atoms with E-state index in [1.807, 2.05) is 0 Å². The van der Waals surface area contributed by atoms with Gasteiger partial charge in [-0.3, -0.25) is 4.90 Å². The minimum atomic E-state index is 0.227. The smallest absolute Gasteiger partial charge is 0.0458 e. The first-order chi connectivity index (χ1) is 10.1. The van der Waals surface area contributed by atoms with Crippen molar-refractivity contribution in [3.05, 3.63) is 34.9 Å². The molecule has 0 bridgehead atoms. The minimum Gasteiger partial charge on any atom is -0.317 e. The highest BCUT2D eigenvalue weighted by atomic mass is 15.1. The molecule has 1 aliphatic carbocycles. The number of hydrogen-bond donors (Lipinski definition) is 1. The van der Waals surface area contributed by atoms with Crippen LogP contribution in [-0.2, 0) is 18.4 Å². The molecule has 1 fully saturated rings. The molecule has 0 aromatic heterocycles. The molecule has 0 amide bonds. The van der Waals surface area contributed by atoms with Gasteiger partial charge in [0.15, 0.2) is 0 Å². The summed E-state index contributed by atoms with van der Waals surface area (Å²) in [6.45, 7) is 4.54. The zero-order valence-electron chi connectivity index (χ0n) is 14.5. The van der Waals surface area contributed by atoms with Gasteiger partial charge in [0.2, 0.25) is 0 Å². The van der Waals surface area contributed by atoms with Crippen LogP contribution in [0.3, 0.4) is 0 Å². The van der Waals surface area contributed by atoms with Crippen LogP contribution in [0.15, 0.2) is 18.2 Å². The van der Waals surface area contributed by atoms with Crippen molar-refractivity contribution >= 4 is 0 Å². The van der Waals surface area contributed by atoms with E-state index >= 15 is 0 Å². The highest BCUT2D eigenvalue weighted by Gasteiger charge is 2.39. The van der Waals surface area contributed by atoms with Crippen molar-refractivity contribution in [3.63, 3.8) is 0 Å². The Balaban J connectivity index is 2.39. The van der Waals surface area contributed by atoms with Crippen molar-refractivity contribution < 1.29 is 0 Å². The number of nitrogens with one attached hydrogen (secondary N) is 1. The highest BCUT2D eigenvalue weighted by molar-refractivity contribution is 5.38. The molecule has 1 aromatic carbocycles. The Kier molecular flexibility index (Phi) is 5.45. The molecule has 21 heavy (non-hydrogen) atoms. The maximum absolute atomic E-state index is 3.46. The molecule has 2 nitrogen and oxygen atoms in total. The maximum atomic E-state index is 3.46. The van der Waals surface area contributed by atoms with Crippen LogP contribution in [0.4, 0.5) is 0 Å². The van der Waals surface area contributed by atoms with Crippen molar-refractivity contribution in [1.82, 2.24) is 10.2 Å². The molecule has 0 radical (unpaired) electrons. The fourth-order valence-electron chi connectivity index (χ4n) is 3.95. The Morgan fingerprint density at radius 1 is 1.14 bits per heavy atom. The maximum Gasteiger partial charge on any atom is 0.0458 e. The van der Waals surface area contributed by atoms with E-state index in [1.165, 1.54) is 31.2 Å². The third-order valence-electron chi connectivity index (χ3n) is 5.54. The molecule has 2 heteroatoms. The molecule has 0 heterocycles. The summed E-state index contributed by atoms with van der Waals surface area (Å²) in [5, 5.41) is 3.46. The molecule has 118 valence electrons. The lowest BCUT2D eigenvalue weighted by molar-refractivity contribution is 0.0861. The molecule has 1 aliphatic rings. The van der Waals surface area contributed by atoms with Gasteiger partial charge in [-0.2, -0.15) is 0 Å². The summed E-state index contributed by atoms with van der Waals surface area (Å²) >= 11 is 0. The van der Waals surface area contributed by atoms with Gasteiger partial charge in [-0.25, -0.2) is 0 Å². The van der Waals surface area contributed by atoms with E-state index in [4.69, 9.17) is 0 Å². The summed E-state index contributed by atoms with van der Waals surface area (Å²) in [4.78, 5) is 2.47. The molecule has 0 spiro atoms.